The highest BCUT2D eigenvalue weighted by molar-refractivity contribution is 5.95. The molecule has 6 nitrogen and oxygen atoms in total. The van der Waals surface area contributed by atoms with Crippen LogP contribution in [0.15, 0.2) is 61.2 Å². The third-order valence-corrected chi connectivity index (χ3v) is 3.37. The minimum Gasteiger partial charge on any atom is -0.367 e. The quantitative estimate of drug-likeness (QED) is 0.538. The van der Waals surface area contributed by atoms with Crippen molar-refractivity contribution in [2.24, 2.45) is 0 Å². The van der Waals surface area contributed by atoms with Gasteiger partial charge < -0.3 is 10.6 Å². The van der Waals surface area contributed by atoms with Crippen LogP contribution in [0.4, 0.5) is 5.82 Å². The Hall–Kier alpha value is -3.28. The smallest absolute Gasteiger partial charge is 0.244 e. The lowest BCUT2D eigenvalue weighted by Gasteiger charge is -2.05. The molecule has 2 heterocycles. The molecule has 0 unspecified atom stereocenters. The van der Waals surface area contributed by atoms with E-state index in [1.807, 2.05) is 30.3 Å². The van der Waals surface area contributed by atoms with E-state index in [2.05, 4.69) is 25.6 Å². The summed E-state index contributed by atoms with van der Waals surface area (Å²) < 4.78 is 0. The molecule has 0 fully saturated rings. The topological polar surface area (TPSA) is 79.8 Å². The Kier molecular flexibility index (Phi) is 5.09. The van der Waals surface area contributed by atoms with Gasteiger partial charge >= 0.3 is 0 Å². The van der Waals surface area contributed by atoms with Crippen LogP contribution in [0.25, 0.3) is 17.0 Å². The van der Waals surface area contributed by atoms with Crippen LogP contribution in [0.5, 0.6) is 0 Å². The molecule has 1 amide bonds. The normalized spacial score (nSPS) is 10.8. The second-order valence-electron chi connectivity index (χ2n) is 5.06. The molecule has 0 radical (unpaired) electrons. The summed E-state index contributed by atoms with van der Waals surface area (Å²) >= 11 is 0. The summed E-state index contributed by atoms with van der Waals surface area (Å²) in [6.07, 6.45) is 9.90. The molecule has 1 aromatic carbocycles. The fraction of sp³-hybridized carbons (Fsp3) is 0.111. The highest BCUT2D eigenvalue weighted by atomic mass is 16.1. The largest absolute Gasteiger partial charge is 0.367 e. The first-order chi connectivity index (χ1) is 11.8. The maximum atomic E-state index is 11.9. The highest BCUT2D eigenvalue weighted by Crippen LogP contribution is 2.16. The molecule has 0 bridgehead atoms. The molecule has 0 spiro atoms. The highest BCUT2D eigenvalue weighted by Gasteiger charge is 2.00. The van der Waals surface area contributed by atoms with E-state index < -0.39 is 0 Å². The number of anilines is 1. The van der Waals surface area contributed by atoms with Crippen molar-refractivity contribution in [2.75, 3.05) is 18.4 Å². The first-order valence-corrected chi connectivity index (χ1v) is 7.62. The van der Waals surface area contributed by atoms with Gasteiger partial charge in [0.2, 0.25) is 5.91 Å². The molecule has 2 N–H and O–H groups in total. The van der Waals surface area contributed by atoms with Crippen LogP contribution >= 0.6 is 0 Å². The van der Waals surface area contributed by atoms with Crippen molar-refractivity contribution in [3.63, 3.8) is 0 Å². The minimum absolute atomic E-state index is 0.149. The first-order valence-electron chi connectivity index (χ1n) is 7.62. The van der Waals surface area contributed by atoms with Crippen LogP contribution in [0.1, 0.15) is 5.56 Å². The summed E-state index contributed by atoms with van der Waals surface area (Å²) in [6.45, 7) is 1.07. The summed E-state index contributed by atoms with van der Waals surface area (Å²) in [5, 5.41) is 6.94. The average Bonchev–Trinajstić information content (AvgIpc) is 2.64. The number of fused-ring (bicyclic) bond motifs is 1. The standard InChI is InChI=1S/C18H17N5O/c24-17(22-12-11-21-16-13-19-9-10-20-16)7-6-15-4-1-3-14-5-2-8-23-18(14)15/h1-10,13H,11-12H2,(H,20,21)(H,22,24). The molecule has 24 heavy (non-hydrogen) atoms. The van der Waals surface area contributed by atoms with Gasteiger partial charge in [0.25, 0.3) is 0 Å². The summed E-state index contributed by atoms with van der Waals surface area (Å²) in [6, 6.07) is 9.78. The van der Waals surface area contributed by atoms with Crippen molar-refractivity contribution in [2.45, 2.75) is 0 Å². The number of carbonyl (C=O) groups excluding carboxylic acids is 1. The Morgan fingerprint density at radius 2 is 1.96 bits per heavy atom. The monoisotopic (exact) mass is 319 g/mol. The molecule has 0 aliphatic heterocycles. The van der Waals surface area contributed by atoms with Crippen LogP contribution in [0.3, 0.4) is 0 Å². The fourth-order valence-corrected chi connectivity index (χ4v) is 2.25. The van der Waals surface area contributed by atoms with Gasteiger partial charge in [0.15, 0.2) is 0 Å². The zero-order valence-corrected chi connectivity index (χ0v) is 13.0. The summed E-state index contributed by atoms with van der Waals surface area (Å²) in [5.74, 6) is 0.535. The van der Waals surface area contributed by atoms with Crippen LogP contribution in [0.2, 0.25) is 0 Å². The van der Waals surface area contributed by atoms with Crippen LogP contribution in [-0.4, -0.2) is 33.9 Å². The Morgan fingerprint density at radius 3 is 2.83 bits per heavy atom. The van der Waals surface area contributed by atoms with Crippen molar-refractivity contribution < 1.29 is 4.79 Å². The van der Waals surface area contributed by atoms with Crippen LogP contribution < -0.4 is 10.6 Å². The number of rotatable bonds is 6. The Morgan fingerprint density at radius 1 is 1.04 bits per heavy atom. The van der Waals surface area contributed by atoms with Crippen molar-refractivity contribution in [3.05, 3.63) is 66.8 Å². The average molecular weight is 319 g/mol. The molecule has 0 saturated carbocycles. The predicted molar refractivity (Wildman–Crippen MR) is 94.3 cm³/mol. The van der Waals surface area contributed by atoms with E-state index in [0.29, 0.717) is 18.9 Å². The van der Waals surface area contributed by atoms with E-state index in [9.17, 15) is 4.79 Å². The fourth-order valence-electron chi connectivity index (χ4n) is 2.25. The number of benzene rings is 1. The SMILES string of the molecule is O=C(C=Cc1cccc2cccnc12)NCCNc1cnccn1. The predicted octanol–water partition coefficient (Wildman–Crippen LogP) is 2.27. The van der Waals surface area contributed by atoms with E-state index in [1.165, 1.54) is 6.08 Å². The van der Waals surface area contributed by atoms with Gasteiger partial charge in [0, 0.05) is 48.7 Å². The van der Waals surface area contributed by atoms with Gasteiger partial charge in [-0.2, -0.15) is 0 Å². The Balaban J connectivity index is 1.52. The summed E-state index contributed by atoms with van der Waals surface area (Å²) in [7, 11) is 0. The molecular formula is C18H17N5O. The third-order valence-electron chi connectivity index (χ3n) is 3.37. The molecule has 6 heteroatoms. The number of para-hydroxylation sites is 1. The number of nitrogens with zero attached hydrogens (tertiary/aromatic N) is 3. The lowest BCUT2D eigenvalue weighted by molar-refractivity contribution is -0.116. The first kappa shape index (κ1) is 15.6. The minimum atomic E-state index is -0.149. The number of hydrogen-bond acceptors (Lipinski definition) is 5. The van der Waals surface area contributed by atoms with Crippen molar-refractivity contribution >= 4 is 28.7 Å². The van der Waals surface area contributed by atoms with Crippen molar-refractivity contribution in [1.82, 2.24) is 20.3 Å². The molecular weight excluding hydrogens is 302 g/mol. The lowest BCUT2D eigenvalue weighted by atomic mass is 10.1. The number of hydrogen-bond donors (Lipinski definition) is 2. The molecule has 0 aliphatic carbocycles. The van der Waals surface area contributed by atoms with Crippen LogP contribution in [-0.2, 0) is 4.79 Å². The van der Waals surface area contributed by atoms with Gasteiger partial charge in [0.05, 0.1) is 11.7 Å². The molecule has 120 valence electrons. The number of pyridine rings is 1. The van der Waals surface area contributed by atoms with Crippen molar-refractivity contribution in [1.29, 1.82) is 0 Å². The van der Waals surface area contributed by atoms with E-state index in [0.717, 1.165) is 16.5 Å². The maximum absolute atomic E-state index is 11.9. The molecule has 3 aromatic rings. The summed E-state index contributed by atoms with van der Waals surface area (Å²) in [4.78, 5) is 24.3. The number of aromatic nitrogens is 3. The molecule has 3 rings (SSSR count). The van der Waals surface area contributed by atoms with E-state index in [4.69, 9.17) is 0 Å². The molecule has 0 saturated heterocycles. The van der Waals surface area contributed by atoms with Gasteiger partial charge in [-0.25, -0.2) is 4.98 Å². The second kappa shape index (κ2) is 7.82. The number of nitrogens with one attached hydrogen (secondary N) is 2. The summed E-state index contributed by atoms with van der Waals surface area (Å²) in [5.41, 5.74) is 1.80. The van der Waals surface area contributed by atoms with Gasteiger partial charge in [-0.1, -0.05) is 24.3 Å². The van der Waals surface area contributed by atoms with Gasteiger partial charge in [-0.3, -0.25) is 14.8 Å². The van der Waals surface area contributed by atoms with Gasteiger partial charge in [-0.15, -0.1) is 0 Å². The van der Waals surface area contributed by atoms with Crippen molar-refractivity contribution in [3.8, 4) is 0 Å². The number of amides is 1. The van der Waals surface area contributed by atoms with Gasteiger partial charge in [0.1, 0.15) is 5.82 Å². The van der Waals surface area contributed by atoms with Gasteiger partial charge in [-0.05, 0) is 12.1 Å². The zero-order valence-electron chi connectivity index (χ0n) is 13.0. The zero-order chi connectivity index (χ0) is 16.6. The molecule has 0 atom stereocenters. The van der Waals surface area contributed by atoms with Crippen LogP contribution in [0, 0.1) is 0 Å². The Labute approximate surface area is 139 Å². The lowest BCUT2D eigenvalue weighted by Crippen LogP contribution is -2.27. The third kappa shape index (κ3) is 4.13. The molecule has 0 aliphatic rings. The van der Waals surface area contributed by atoms with E-state index >= 15 is 0 Å². The maximum Gasteiger partial charge on any atom is 0.244 e. The number of carbonyl (C=O) groups is 1. The van der Waals surface area contributed by atoms with E-state index in [1.54, 1.807) is 30.9 Å². The Bertz CT molecular complexity index is 843. The molecule has 2 aromatic heterocycles. The van der Waals surface area contributed by atoms with E-state index in [-0.39, 0.29) is 5.91 Å². The second-order valence-corrected chi connectivity index (χ2v) is 5.06.